The zero-order chi connectivity index (χ0) is 9.68. The molecule has 1 fully saturated rings. The van der Waals surface area contributed by atoms with Crippen molar-refractivity contribution in [3.8, 4) is 0 Å². The standard InChI is InChI=1S/C11H24N2/c1-4-6-13-8-7-12(3)9-11(5-2)10-13/h11H,4-10H2,1-3H3. The zero-order valence-electron chi connectivity index (χ0n) is 9.42. The topological polar surface area (TPSA) is 6.48 Å². The lowest BCUT2D eigenvalue weighted by Gasteiger charge is -2.22. The van der Waals surface area contributed by atoms with E-state index in [1.165, 1.54) is 45.6 Å². The Balaban J connectivity index is 2.41. The van der Waals surface area contributed by atoms with Crippen LogP contribution in [0.5, 0.6) is 0 Å². The number of hydrogen-bond donors (Lipinski definition) is 0. The van der Waals surface area contributed by atoms with Crippen molar-refractivity contribution in [2.75, 3.05) is 39.8 Å². The second kappa shape index (κ2) is 5.61. The van der Waals surface area contributed by atoms with E-state index in [9.17, 15) is 0 Å². The summed E-state index contributed by atoms with van der Waals surface area (Å²) >= 11 is 0. The molecule has 1 aliphatic heterocycles. The third-order valence-corrected chi connectivity index (χ3v) is 3.00. The first kappa shape index (κ1) is 11.0. The molecule has 0 bridgehead atoms. The minimum atomic E-state index is 0.888. The lowest BCUT2D eigenvalue weighted by Crippen LogP contribution is -2.30. The SMILES string of the molecule is CCCN1CCN(C)CC(CC)C1. The fourth-order valence-electron chi connectivity index (χ4n) is 2.14. The van der Waals surface area contributed by atoms with Gasteiger partial charge in [0.05, 0.1) is 0 Å². The molecule has 0 aliphatic carbocycles. The average Bonchev–Trinajstić information content (AvgIpc) is 2.29. The molecular weight excluding hydrogens is 160 g/mol. The van der Waals surface area contributed by atoms with E-state index in [1.54, 1.807) is 0 Å². The zero-order valence-corrected chi connectivity index (χ0v) is 9.42. The largest absolute Gasteiger partial charge is 0.305 e. The van der Waals surface area contributed by atoms with Gasteiger partial charge in [0, 0.05) is 26.2 Å². The van der Waals surface area contributed by atoms with Crippen LogP contribution < -0.4 is 0 Å². The monoisotopic (exact) mass is 184 g/mol. The molecule has 0 N–H and O–H groups in total. The third-order valence-electron chi connectivity index (χ3n) is 3.00. The highest BCUT2D eigenvalue weighted by Gasteiger charge is 2.18. The Morgan fingerprint density at radius 2 is 1.92 bits per heavy atom. The van der Waals surface area contributed by atoms with Crippen LogP contribution in [0.25, 0.3) is 0 Å². The third kappa shape index (κ3) is 3.65. The van der Waals surface area contributed by atoms with E-state index in [2.05, 4.69) is 30.7 Å². The van der Waals surface area contributed by atoms with Crippen LogP contribution >= 0.6 is 0 Å². The van der Waals surface area contributed by atoms with Crippen LogP contribution in [-0.4, -0.2) is 49.6 Å². The Morgan fingerprint density at radius 1 is 1.15 bits per heavy atom. The lowest BCUT2D eigenvalue weighted by atomic mass is 10.1. The van der Waals surface area contributed by atoms with Crippen molar-refractivity contribution in [2.24, 2.45) is 5.92 Å². The number of likely N-dealkylation sites (N-methyl/N-ethyl adjacent to an activating group) is 1. The Labute approximate surface area is 82.9 Å². The summed E-state index contributed by atoms with van der Waals surface area (Å²) < 4.78 is 0. The summed E-state index contributed by atoms with van der Waals surface area (Å²) in [5.41, 5.74) is 0. The predicted octanol–water partition coefficient (Wildman–Crippen LogP) is 1.67. The molecule has 2 nitrogen and oxygen atoms in total. The first-order valence-corrected chi connectivity index (χ1v) is 5.67. The van der Waals surface area contributed by atoms with Crippen LogP contribution in [0.4, 0.5) is 0 Å². The van der Waals surface area contributed by atoms with Gasteiger partial charge in [0.1, 0.15) is 0 Å². The van der Waals surface area contributed by atoms with Crippen molar-refractivity contribution in [1.82, 2.24) is 9.80 Å². The maximum absolute atomic E-state index is 2.62. The minimum Gasteiger partial charge on any atom is -0.305 e. The Bertz CT molecular complexity index is 136. The molecule has 1 aliphatic rings. The van der Waals surface area contributed by atoms with Crippen molar-refractivity contribution in [1.29, 1.82) is 0 Å². The molecule has 1 unspecified atom stereocenters. The first-order chi connectivity index (χ1) is 6.26. The van der Waals surface area contributed by atoms with Gasteiger partial charge in [-0.2, -0.15) is 0 Å². The molecule has 0 spiro atoms. The number of nitrogens with zero attached hydrogens (tertiary/aromatic N) is 2. The van der Waals surface area contributed by atoms with Gasteiger partial charge < -0.3 is 9.80 Å². The molecule has 0 amide bonds. The number of rotatable bonds is 3. The van der Waals surface area contributed by atoms with Crippen LogP contribution in [0.2, 0.25) is 0 Å². The van der Waals surface area contributed by atoms with E-state index < -0.39 is 0 Å². The molecule has 0 aromatic heterocycles. The summed E-state index contributed by atoms with van der Waals surface area (Å²) in [6.07, 6.45) is 2.62. The summed E-state index contributed by atoms with van der Waals surface area (Å²) in [5, 5.41) is 0. The van der Waals surface area contributed by atoms with Gasteiger partial charge in [-0.15, -0.1) is 0 Å². The lowest BCUT2D eigenvalue weighted by molar-refractivity contribution is 0.255. The summed E-state index contributed by atoms with van der Waals surface area (Å²) in [6.45, 7) is 11.0. The highest BCUT2D eigenvalue weighted by atomic mass is 15.2. The fraction of sp³-hybridized carbons (Fsp3) is 1.00. The molecular formula is C11H24N2. The van der Waals surface area contributed by atoms with E-state index in [-0.39, 0.29) is 0 Å². The maximum Gasteiger partial charge on any atom is 0.0109 e. The molecule has 0 aromatic carbocycles. The van der Waals surface area contributed by atoms with E-state index in [1.807, 2.05) is 0 Å². The van der Waals surface area contributed by atoms with Gasteiger partial charge in [-0.1, -0.05) is 20.3 Å². The molecule has 0 radical (unpaired) electrons. The summed E-state index contributed by atoms with van der Waals surface area (Å²) in [5.74, 6) is 0.888. The van der Waals surface area contributed by atoms with Crippen LogP contribution in [0.3, 0.4) is 0 Å². The maximum atomic E-state index is 2.62. The normalized spacial score (nSPS) is 27.5. The van der Waals surface area contributed by atoms with Crippen LogP contribution in [0.15, 0.2) is 0 Å². The quantitative estimate of drug-likeness (QED) is 0.658. The first-order valence-electron chi connectivity index (χ1n) is 5.67. The Kier molecular flexibility index (Phi) is 4.74. The Morgan fingerprint density at radius 3 is 2.54 bits per heavy atom. The van der Waals surface area contributed by atoms with Gasteiger partial charge in [-0.05, 0) is 25.9 Å². The van der Waals surface area contributed by atoms with Crippen LogP contribution in [0.1, 0.15) is 26.7 Å². The Hall–Kier alpha value is -0.0800. The molecule has 2 heteroatoms. The fourth-order valence-corrected chi connectivity index (χ4v) is 2.14. The van der Waals surface area contributed by atoms with Gasteiger partial charge >= 0.3 is 0 Å². The van der Waals surface area contributed by atoms with Crippen molar-refractivity contribution in [3.05, 3.63) is 0 Å². The van der Waals surface area contributed by atoms with Crippen molar-refractivity contribution < 1.29 is 0 Å². The van der Waals surface area contributed by atoms with E-state index in [4.69, 9.17) is 0 Å². The second-order valence-electron chi connectivity index (χ2n) is 4.34. The molecule has 0 saturated carbocycles. The van der Waals surface area contributed by atoms with Crippen LogP contribution in [-0.2, 0) is 0 Å². The van der Waals surface area contributed by atoms with Gasteiger partial charge in [-0.25, -0.2) is 0 Å². The van der Waals surface area contributed by atoms with Gasteiger partial charge in [0.25, 0.3) is 0 Å². The van der Waals surface area contributed by atoms with Crippen LogP contribution in [0, 0.1) is 5.92 Å². The number of hydrogen-bond acceptors (Lipinski definition) is 2. The predicted molar refractivity (Wildman–Crippen MR) is 58.0 cm³/mol. The van der Waals surface area contributed by atoms with Crippen molar-refractivity contribution in [2.45, 2.75) is 26.7 Å². The molecule has 1 rings (SSSR count). The molecule has 1 saturated heterocycles. The van der Waals surface area contributed by atoms with E-state index >= 15 is 0 Å². The molecule has 1 atom stereocenters. The summed E-state index contributed by atoms with van der Waals surface area (Å²) in [6, 6.07) is 0. The highest BCUT2D eigenvalue weighted by molar-refractivity contribution is 4.73. The van der Waals surface area contributed by atoms with Crippen molar-refractivity contribution >= 4 is 0 Å². The minimum absolute atomic E-state index is 0.888. The summed E-state index contributed by atoms with van der Waals surface area (Å²) in [7, 11) is 2.25. The smallest absolute Gasteiger partial charge is 0.0109 e. The molecule has 13 heavy (non-hydrogen) atoms. The average molecular weight is 184 g/mol. The van der Waals surface area contributed by atoms with E-state index in [0.717, 1.165) is 5.92 Å². The molecule has 0 aromatic rings. The molecule has 78 valence electrons. The van der Waals surface area contributed by atoms with Crippen molar-refractivity contribution in [3.63, 3.8) is 0 Å². The second-order valence-corrected chi connectivity index (χ2v) is 4.34. The summed E-state index contributed by atoms with van der Waals surface area (Å²) in [4.78, 5) is 5.10. The molecule has 1 heterocycles. The van der Waals surface area contributed by atoms with Gasteiger partial charge in [0.15, 0.2) is 0 Å². The van der Waals surface area contributed by atoms with Gasteiger partial charge in [0.2, 0.25) is 0 Å². The van der Waals surface area contributed by atoms with Gasteiger partial charge in [-0.3, -0.25) is 0 Å². The van der Waals surface area contributed by atoms with E-state index in [0.29, 0.717) is 0 Å². The highest BCUT2D eigenvalue weighted by Crippen LogP contribution is 2.11.